The first kappa shape index (κ1) is 12.7. The van der Waals surface area contributed by atoms with Crippen molar-refractivity contribution in [2.75, 3.05) is 5.32 Å². The molecule has 0 aliphatic rings. The second-order valence-corrected chi connectivity index (χ2v) is 3.20. The molecule has 0 aliphatic heterocycles. The molecule has 0 unspecified atom stereocenters. The van der Waals surface area contributed by atoms with Gasteiger partial charge in [-0.15, -0.1) is 0 Å². The molecule has 0 aromatic heterocycles. The van der Waals surface area contributed by atoms with Gasteiger partial charge in [0.25, 0.3) is 0 Å². The van der Waals surface area contributed by atoms with Gasteiger partial charge in [0.1, 0.15) is 5.82 Å². The number of hydrazine groups is 1. The molecule has 0 fully saturated rings. The van der Waals surface area contributed by atoms with E-state index in [0.29, 0.717) is 12.1 Å². The second-order valence-electron chi connectivity index (χ2n) is 2.79. The summed E-state index contributed by atoms with van der Waals surface area (Å²) in [4.78, 5) is 0. The highest BCUT2D eigenvalue weighted by Gasteiger charge is 2.34. The maximum Gasteiger partial charge on any atom is 0.419 e. The number of hydrogen-bond donors (Lipinski definition) is 3. The molecule has 1 aromatic rings. The molecule has 88 valence electrons. The topological polar surface area (TPSA) is 50.1 Å². The zero-order valence-corrected chi connectivity index (χ0v) is 8.55. The summed E-state index contributed by atoms with van der Waals surface area (Å²) < 4.78 is 49.8. The number of alkyl halides is 3. The smallest absolute Gasteiger partial charge is 0.332 e. The van der Waals surface area contributed by atoms with E-state index in [1.807, 2.05) is 5.43 Å². The number of halogens is 4. The highest BCUT2D eigenvalue weighted by atomic mass is 32.1. The van der Waals surface area contributed by atoms with Crippen molar-refractivity contribution in [3.8, 4) is 0 Å². The van der Waals surface area contributed by atoms with E-state index in [2.05, 4.69) is 17.5 Å². The molecule has 0 saturated carbocycles. The minimum atomic E-state index is -4.75. The minimum absolute atomic E-state index is 0.00308. The number of benzene rings is 1. The molecule has 0 spiro atoms. The van der Waals surface area contributed by atoms with Gasteiger partial charge in [-0.2, -0.15) is 13.2 Å². The van der Waals surface area contributed by atoms with Crippen LogP contribution in [0.5, 0.6) is 0 Å². The first-order chi connectivity index (χ1) is 7.34. The van der Waals surface area contributed by atoms with Gasteiger partial charge in [-0.05, 0) is 30.4 Å². The summed E-state index contributed by atoms with van der Waals surface area (Å²) in [6.45, 7) is 0. The Morgan fingerprint density at radius 3 is 2.44 bits per heavy atom. The van der Waals surface area contributed by atoms with Crippen LogP contribution in [0.2, 0.25) is 0 Å². The van der Waals surface area contributed by atoms with E-state index in [-0.39, 0.29) is 10.8 Å². The lowest BCUT2D eigenvalue weighted by Gasteiger charge is -2.11. The van der Waals surface area contributed by atoms with E-state index in [0.717, 1.165) is 6.07 Å². The highest BCUT2D eigenvalue weighted by Crippen LogP contribution is 2.32. The van der Waals surface area contributed by atoms with Crippen molar-refractivity contribution in [3.05, 3.63) is 29.6 Å². The van der Waals surface area contributed by atoms with Crippen molar-refractivity contribution in [2.24, 2.45) is 5.84 Å². The van der Waals surface area contributed by atoms with Crippen LogP contribution < -0.4 is 16.6 Å². The SMILES string of the molecule is NNC(=S)Nc1ccc(F)c(C(F)(F)F)c1. The van der Waals surface area contributed by atoms with E-state index in [4.69, 9.17) is 5.84 Å². The Hall–Kier alpha value is -1.41. The Labute approximate surface area is 93.6 Å². The summed E-state index contributed by atoms with van der Waals surface area (Å²) in [5.74, 6) is 3.58. The molecule has 4 N–H and O–H groups in total. The van der Waals surface area contributed by atoms with Crippen LogP contribution in [-0.4, -0.2) is 5.11 Å². The fraction of sp³-hybridized carbons (Fsp3) is 0.125. The van der Waals surface area contributed by atoms with Crippen molar-refractivity contribution in [3.63, 3.8) is 0 Å². The summed E-state index contributed by atoms with van der Waals surface area (Å²) in [7, 11) is 0. The van der Waals surface area contributed by atoms with Crippen LogP contribution in [0.15, 0.2) is 18.2 Å². The number of thiocarbonyl (C=S) groups is 1. The third-order valence-corrected chi connectivity index (χ3v) is 1.88. The first-order valence-electron chi connectivity index (χ1n) is 3.99. The summed E-state index contributed by atoms with van der Waals surface area (Å²) in [5.41, 5.74) is 0.665. The van der Waals surface area contributed by atoms with E-state index in [1.54, 1.807) is 0 Å². The number of rotatable bonds is 1. The van der Waals surface area contributed by atoms with Gasteiger partial charge in [0.2, 0.25) is 0 Å². The number of hydrogen-bond acceptors (Lipinski definition) is 2. The van der Waals surface area contributed by atoms with Gasteiger partial charge < -0.3 is 10.7 Å². The molecule has 1 rings (SSSR count). The average molecular weight is 253 g/mol. The monoisotopic (exact) mass is 253 g/mol. The van der Waals surface area contributed by atoms with Crippen LogP contribution in [0, 0.1) is 5.82 Å². The molecule has 0 bridgehead atoms. The third-order valence-electron chi connectivity index (χ3n) is 1.66. The zero-order chi connectivity index (χ0) is 12.3. The lowest BCUT2D eigenvalue weighted by molar-refractivity contribution is -0.139. The van der Waals surface area contributed by atoms with Crippen LogP contribution in [0.3, 0.4) is 0 Å². The molecule has 0 heterocycles. The van der Waals surface area contributed by atoms with Crippen LogP contribution in [-0.2, 0) is 6.18 Å². The number of anilines is 1. The Bertz CT molecular complexity index is 405. The summed E-state index contributed by atoms with van der Waals surface area (Å²) in [6.07, 6.45) is -4.75. The van der Waals surface area contributed by atoms with Crippen molar-refractivity contribution >= 4 is 23.0 Å². The van der Waals surface area contributed by atoms with E-state index >= 15 is 0 Å². The third kappa shape index (κ3) is 3.04. The highest BCUT2D eigenvalue weighted by molar-refractivity contribution is 7.80. The fourth-order valence-corrected chi connectivity index (χ4v) is 1.11. The predicted octanol–water partition coefficient (Wildman–Crippen LogP) is 2.00. The van der Waals surface area contributed by atoms with E-state index in [1.165, 1.54) is 0 Å². The molecule has 0 saturated heterocycles. The van der Waals surface area contributed by atoms with Crippen LogP contribution >= 0.6 is 12.2 Å². The largest absolute Gasteiger partial charge is 0.419 e. The maximum atomic E-state index is 12.9. The average Bonchev–Trinajstić information content (AvgIpc) is 2.19. The molecule has 0 aliphatic carbocycles. The molecule has 1 aromatic carbocycles. The molecule has 8 heteroatoms. The van der Waals surface area contributed by atoms with Gasteiger partial charge in [-0.1, -0.05) is 0 Å². The van der Waals surface area contributed by atoms with Gasteiger partial charge in [0, 0.05) is 5.69 Å². The number of nitrogens with one attached hydrogen (secondary N) is 2. The quantitative estimate of drug-likeness (QED) is 0.310. The minimum Gasteiger partial charge on any atom is -0.332 e. The van der Waals surface area contributed by atoms with Crippen molar-refractivity contribution in [1.82, 2.24) is 5.43 Å². The van der Waals surface area contributed by atoms with Gasteiger partial charge >= 0.3 is 6.18 Å². The maximum absolute atomic E-state index is 12.9. The molecular weight excluding hydrogens is 246 g/mol. The van der Waals surface area contributed by atoms with Crippen LogP contribution in [0.25, 0.3) is 0 Å². The molecular formula is C8H7F4N3S. The van der Waals surface area contributed by atoms with E-state index < -0.39 is 17.6 Å². The molecule has 0 amide bonds. The summed E-state index contributed by atoms with van der Waals surface area (Å²) in [5, 5.41) is 2.29. The van der Waals surface area contributed by atoms with Crippen molar-refractivity contribution < 1.29 is 17.6 Å². The van der Waals surface area contributed by atoms with Crippen molar-refractivity contribution in [2.45, 2.75) is 6.18 Å². The zero-order valence-electron chi connectivity index (χ0n) is 7.73. The first-order valence-corrected chi connectivity index (χ1v) is 4.40. The Kier molecular flexibility index (Phi) is 3.66. The van der Waals surface area contributed by atoms with Gasteiger partial charge in [0.05, 0.1) is 5.56 Å². The number of nitrogens with two attached hydrogens (primary N) is 1. The second kappa shape index (κ2) is 4.62. The van der Waals surface area contributed by atoms with Crippen molar-refractivity contribution in [1.29, 1.82) is 0 Å². The van der Waals surface area contributed by atoms with Gasteiger partial charge in [0.15, 0.2) is 5.11 Å². The lowest BCUT2D eigenvalue weighted by atomic mass is 10.2. The van der Waals surface area contributed by atoms with Gasteiger partial charge in [-0.3, -0.25) is 0 Å². The molecule has 16 heavy (non-hydrogen) atoms. The van der Waals surface area contributed by atoms with Crippen LogP contribution in [0.4, 0.5) is 23.2 Å². The molecule has 3 nitrogen and oxygen atoms in total. The molecule has 0 atom stereocenters. The molecule has 0 radical (unpaired) electrons. The van der Waals surface area contributed by atoms with Crippen LogP contribution in [0.1, 0.15) is 5.56 Å². The lowest BCUT2D eigenvalue weighted by Crippen LogP contribution is -2.34. The standard InChI is InChI=1S/C8H7F4N3S/c9-6-2-1-4(14-7(16)15-13)3-5(6)8(10,11)12/h1-3H,13H2,(H2,14,15,16). The Morgan fingerprint density at radius 2 is 1.94 bits per heavy atom. The Balaban J connectivity index is 3.03. The predicted molar refractivity (Wildman–Crippen MR) is 54.9 cm³/mol. The Morgan fingerprint density at radius 1 is 1.31 bits per heavy atom. The normalized spacial score (nSPS) is 11.1. The summed E-state index contributed by atoms with van der Waals surface area (Å²) >= 11 is 4.58. The summed E-state index contributed by atoms with van der Waals surface area (Å²) in [6, 6.07) is 2.43. The van der Waals surface area contributed by atoms with E-state index in [9.17, 15) is 17.6 Å². The van der Waals surface area contributed by atoms with Gasteiger partial charge in [-0.25, -0.2) is 10.2 Å². The fourth-order valence-electron chi connectivity index (χ4n) is 0.987.